The predicted molar refractivity (Wildman–Crippen MR) is 89.7 cm³/mol. The Labute approximate surface area is 126 Å². The van der Waals surface area contributed by atoms with Gasteiger partial charge in [-0.3, -0.25) is 4.79 Å². The summed E-state index contributed by atoms with van der Waals surface area (Å²) >= 11 is 1.82. The van der Waals surface area contributed by atoms with Crippen LogP contribution in [0.3, 0.4) is 0 Å². The van der Waals surface area contributed by atoms with Crippen LogP contribution < -0.4 is 16.0 Å². The Morgan fingerprint density at radius 1 is 1.45 bits per heavy atom. The second kappa shape index (κ2) is 8.04. The molecule has 112 valence electrons. The fraction of sp³-hybridized carbons (Fsp3) is 0.533. The Bertz CT molecular complexity index is 451. The highest BCUT2D eigenvalue weighted by Gasteiger charge is 2.16. The van der Waals surface area contributed by atoms with Crippen LogP contribution in [0.5, 0.6) is 0 Å². The van der Waals surface area contributed by atoms with Crippen molar-refractivity contribution in [2.75, 3.05) is 36.2 Å². The Morgan fingerprint density at radius 3 is 2.70 bits per heavy atom. The van der Waals surface area contributed by atoms with Crippen molar-refractivity contribution in [3.05, 3.63) is 23.8 Å². The molecular formula is C15H25N3OS. The number of benzene rings is 1. The van der Waals surface area contributed by atoms with Gasteiger partial charge in [-0.05, 0) is 37.8 Å². The third kappa shape index (κ3) is 4.07. The highest BCUT2D eigenvalue weighted by molar-refractivity contribution is 7.98. The topological polar surface area (TPSA) is 58.4 Å². The summed E-state index contributed by atoms with van der Waals surface area (Å²) in [5.41, 5.74) is 8.36. The lowest BCUT2D eigenvalue weighted by Crippen LogP contribution is -2.34. The van der Waals surface area contributed by atoms with E-state index in [4.69, 9.17) is 5.73 Å². The lowest BCUT2D eigenvalue weighted by Gasteiger charge is -2.30. The van der Waals surface area contributed by atoms with Crippen LogP contribution in [-0.2, 0) is 0 Å². The zero-order valence-corrected chi connectivity index (χ0v) is 13.6. The van der Waals surface area contributed by atoms with Gasteiger partial charge in [0.05, 0.1) is 11.4 Å². The van der Waals surface area contributed by atoms with Gasteiger partial charge in [0.25, 0.3) is 5.91 Å². The summed E-state index contributed by atoms with van der Waals surface area (Å²) in [6.07, 6.45) is 3.15. The number of nitrogens with zero attached hydrogens (tertiary/aromatic N) is 1. The zero-order valence-electron chi connectivity index (χ0n) is 12.8. The van der Waals surface area contributed by atoms with E-state index in [1.54, 1.807) is 6.07 Å². The summed E-state index contributed by atoms with van der Waals surface area (Å²) in [6, 6.07) is 5.87. The Balaban J connectivity index is 3.03. The highest BCUT2D eigenvalue weighted by Crippen LogP contribution is 2.27. The van der Waals surface area contributed by atoms with E-state index in [0.29, 0.717) is 23.8 Å². The molecule has 0 heterocycles. The average Bonchev–Trinajstić information content (AvgIpc) is 2.44. The smallest absolute Gasteiger partial charge is 0.251 e. The van der Waals surface area contributed by atoms with E-state index in [0.717, 1.165) is 17.9 Å². The van der Waals surface area contributed by atoms with Gasteiger partial charge in [0.2, 0.25) is 0 Å². The molecule has 0 spiro atoms. The molecule has 5 heteroatoms. The monoisotopic (exact) mass is 295 g/mol. The normalized spacial score (nSPS) is 12.0. The van der Waals surface area contributed by atoms with Gasteiger partial charge in [-0.15, -0.1) is 0 Å². The van der Waals surface area contributed by atoms with E-state index in [1.807, 2.05) is 37.9 Å². The Hall–Kier alpha value is -1.36. The maximum atomic E-state index is 11.9. The van der Waals surface area contributed by atoms with Crippen LogP contribution in [0.4, 0.5) is 11.4 Å². The number of hydrogen-bond acceptors (Lipinski definition) is 4. The molecular weight excluding hydrogens is 270 g/mol. The lowest BCUT2D eigenvalue weighted by molar-refractivity contribution is 0.0956. The first kappa shape index (κ1) is 16.7. The molecule has 0 radical (unpaired) electrons. The molecule has 0 aromatic heterocycles. The summed E-state index contributed by atoms with van der Waals surface area (Å²) in [6.45, 7) is 4.70. The van der Waals surface area contributed by atoms with Gasteiger partial charge in [0.15, 0.2) is 0 Å². The van der Waals surface area contributed by atoms with Crippen molar-refractivity contribution in [3.63, 3.8) is 0 Å². The Morgan fingerprint density at radius 2 is 2.15 bits per heavy atom. The van der Waals surface area contributed by atoms with Crippen molar-refractivity contribution in [1.82, 2.24) is 5.32 Å². The number of anilines is 2. The molecule has 1 atom stereocenters. The number of nitrogens with two attached hydrogens (primary N) is 1. The largest absolute Gasteiger partial charge is 0.397 e. The van der Waals surface area contributed by atoms with Gasteiger partial charge in [0, 0.05) is 31.0 Å². The van der Waals surface area contributed by atoms with Gasteiger partial charge in [-0.2, -0.15) is 11.8 Å². The average molecular weight is 295 g/mol. The van der Waals surface area contributed by atoms with Crippen molar-refractivity contribution < 1.29 is 4.79 Å². The fourth-order valence-electron chi connectivity index (χ4n) is 2.15. The molecule has 0 saturated carbocycles. The third-order valence-electron chi connectivity index (χ3n) is 3.39. The molecule has 4 nitrogen and oxygen atoms in total. The molecule has 1 aromatic carbocycles. The molecule has 20 heavy (non-hydrogen) atoms. The second-order valence-corrected chi connectivity index (χ2v) is 5.67. The number of rotatable bonds is 7. The SMILES string of the molecule is CCNC(=O)c1ccc(N)c(N(C)C(CC)CSC)c1. The van der Waals surface area contributed by atoms with Crippen molar-refractivity contribution in [2.45, 2.75) is 26.3 Å². The number of nitrogens with one attached hydrogen (secondary N) is 1. The van der Waals surface area contributed by atoms with Crippen LogP contribution in [0.15, 0.2) is 18.2 Å². The quantitative estimate of drug-likeness (QED) is 0.759. The summed E-state index contributed by atoms with van der Waals surface area (Å²) in [5.74, 6) is 0.984. The van der Waals surface area contributed by atoms with Gasteiger partial charge in [-0.1, -0.05) is 6.92 Å². The molecule has 0 bridgehead atoms. The van der Waals surface area contributed by atoms with Crippen molar-refractivity contribution in [1.29, 1.82) is 0 Å². The number of nitrogen functional groups attached to an aromatic ring is 1. The van der Waals surface area contributed by atoms with E-state index >= 15 is 0 Å². The van der Waals surface area contributed by atoms with E-state index in [9.17, 15) is 4.79 Å². The predicted octanol–water partition coefficient (Wildman–Crippen LogP) is 2.60. The third-order valence-corrected chi connectivity index (χ3v) is 4.11. The molecule has 1 aromatic rings. The van der Waals surface area contributed by atoms with Crippen molar-refractivity contribution in [2.24, 2.45) is 0 Å². The molecule has 1 rings (SSSR count). The molecule has 0 saturated heterocycles. The fourth-order valence-corrected chi connectivity index (χ4v) is 2.99. The molecule has 0 fully saturated rings. The van der Waals surface area contributed by atoms with Crippen LogP contribution in [0.2, 0.25) is 0 Å². The van der Waals surface area contributed by atoms with E-state index in [1.165, 1.54) is 0 Å². The van der Waals surface area contributed by atoms with Gasteiger partial charge < -0.3 is 16.0 Å². The highest BCUT2D eigenvalue weighted by atomic mass is 32.2. The van der Waals surface area contributed by atoms with Crippen LogP contribution in [0.25, 0.3) is 0 Å². The number of carbonyl (C=O) groups excluding carboxylic acids is 1. The van der Waals surface area contributed by atoms with Gasteiger partial charge in [0.1, 0.15) is 0 Å². The summed E-state index contributed by atoms with van der Waals surface area (Å²) in [4.78, 5) is 14.1. The Kier molecular flexibility index (Phi) is 6.71. The van der Waals surface area contributed by atoms with E-state index < -0.39 is 0 Å². The minimum absolute atomic E-state index is 0.0555. The molecule has 1 amide bonds. The van der Waals surface area contributed by atoms with Gasteiger partial charge in [-0.25, -0.2) is 0 Å². The van der Waals surface area contributed by atoms with Gasteiger partial charge >= 0.3 is 0 Å². The number of hydrogen-bond donors (Lipinski definition) is 2. The first-order chi connectivity index (χ1) is 9.54. The summed E-state index contributed by atoms with van der Waals surface area (Å²) in [7, 11) is 2.04. The second-order valence-electron chi connectivity index (χ2n) is 4.76. The van der Waals surface area contributed by atoms with Crippen molar-refractivity contribution in [3.8, 4) is 0 Å². The van der Waals surface area contributed by atoms with Crippen LogP contribution in [0, 0.1) is 0 Å². The number of amides is 1. The van der Waals surface area contributed by atoms with Crippen LogP contribution in [0.1, 0.15) is 30.6 Å². The van der Waals surface area contributed by atoms with E-state index in [-0.39, 0.29) is 5.91 Å². The first-order valence-electron chi connectivity index (χ1n) is 6.94. The summed E-state index contributed by atoms with van der Waals surface area (Å²) < 4.78 is 0. The zero-order chi connectivity index (χ0) is 15.1. The number of thioether (sulfide) groups is 1. The van der Waals surface area contributed by atoms with Crippen LogP contribution in [-0.4, -0.2) is 37.6 Å². The maximum absolute atomic E-state index is 11.9. The maximum Gasteiger partial charge on any atom is 0.251 e. The van der Waals surface area contributed by atoms with E-state index in [2.05, 4.69) is 23.4 Å². The lowest BCUT2D eigenvalue weighted by atomic mass is 10.1. The first-order valence-corrected chi connectivity index (χ1v) is 8.33. The van der Waals surface area contributed by atoms with Crippen molar-refractivity contribution >= 4 is 29.0 Å². The minimum atomic E-state index is -0.0555. The summed E-state index contributed by atoms with van der Waals surface area (Å²) in [5, 5.41) is 2.81. The molecule has 3 N–H and O–H groups in total. The molecule has 0 aliphatic carbocycles. The molecule has 0 aliphatic rings. The minimum Gasteiger partial charge on any atom is -0.397 e. The molecule has 0 aliphatic heterocycles. The standard InChI is InChI=1S/C15H25N3OS/c1-5-12(10-20-4)18(3)14-9-11(7-8-13(14)16)15(19)17-6-2/h7-9,12H,5-6,10,16H2,1-4H3,(H,17,19). The number of carbonyl (C=O) groups is 1. The van der Waals surface area contributed by atoms with Crippen LogP contribution >= 0.6 is 11.8 Å². The molecule has 1 unspecified atom stereocenters.